The van der Waals surface area contributed by atoms with E-state index in [0.29, 0.717) is 47.0 Å². The van der Waals surface area contributed by atoms with Crippen LogP contribution in [-0.2, 0) is 19.1 Å². The maximum absolute atomic E-state index is 14.9. The molecule has 0 aromatic rings. The highest BCUT2D eigenvalue weighted by molar-refractivity contribution is 5.84. The van der Waals surface area contributed by atoms with Crippen LogP contribution in [0.4, 0.5) is 0 Å². The Balaban J connectivity index is 1.22. The Morgan fingerprint density at radius 1 is 0.682 bits per heavy atom. The molecule has 7 fully saturated rings. The van der Waals surface area contributed by atoms with Gasteiger partial charge in [0.25, 0.3) is 0 Å². The first-order valence-corrected chi connectivity index (χ1v) is 18.7. The molecule has 1 heterocycles. The Labute approximate surface area is 268 Å². The molecule has 5 heteroatoms. The van der Waals surface area contributed by atoms with E-state index in [-0.39, 0.29) is 39.1 Å². The van der Waals surface area contributed by atoms with E-state index in [4.69, 9.17) is 9.47 Å². The SMILES string of the molecule is COC1CCN(C(=O)C23CCC(C4(C)CC4)C2C2CCC4C5(C)CCC(OC(C)=O)C(C)(C)C5CCC4(C)C2(C)CC3)CC1. The minimum Gasteiger partial charge on any atom is -0.462 e. The third-order valence-electron chi connectivity index (χ3n) is 17.1. The number of ether oxygens (including phenoxy) is 2. The summed E-state index contributed by atoms with van der Waals surface area (Å²) >= 11 is 0. The number of carbonyl (C=O) groups is 2. The van der Waals surface area contributed by atoms with Gasteiger partial charge in [-0.05, 0) is 141 Å². The fourth-order valence-corrected chi connectivity index (χ4v) is 14.3. The van der Waals surface area contributed by atoms with Crippen molar-refractivity contribution in [3.05, 3.63) is 0 Å². The van der Waals surface area contributed by atoms with Crippen molar-refractivity contribution >= 4 is 11.9 Å². The van der Waals surface area contributed by atoms with Crippen molar-refractivity contribution in [2.24, 2.45) is 62.1 Å². The van der Waals surface area contributed by atoms with Gasteiger partial charge in [0.15, 0.2) is 0 Å². The van der Waals surface area contributed by atoms with Crippen LogP contribution in [0.5, 0.6) is 0 Å². The van der Waals surface area contributed by atoms with Gasteiger partial charge in [0.1, 0.15) is 6.10 Å². The Kier molecular flexibility index (Phi) is 7.30. The highest BCUT2D eigenvalue weighted by Crippen LogP contribution is 2.79. The number of piperidine rings is 1. The van der Waals surface area contributed by atoms with E-state index in [2.05, 4.69) is 46.4 Å². The van der Waals surface area contributed by atoms with Crippen LogP contribution < -0.4 is 0 Å². The molecule has 0 bridgehead atoms. The van der Waals surface area contributed by atoms with E-state index in [0.717, 1.165) is 45.2 Å². The average Bonchev–Trinajstić information content (AvgIpc) is 3.59. The van der Waals surface area contributed by atoms with Crippen LogP contribution in [-0.4, -0.2) is 49.2 Å². The van der Waals surface area contributed by atoms with Crippen LogP contribution in [0.25, 0.3) is 0 Å². The molecule has 0 aromatic carbocycles. The fourth-order valence-electron chi connectivity index (χ4n) is 14.3. The van der Waals surface area contributed by atoms with Gasteiger partial charge >= 0.3 is 5.97 Å². The van der Waals surface area contributed by atoms with E-state index < -0.39 is 0 Å². The molecule has 6 aliphatic carbocycles. The maximum Gasteiger partial charge on any atom is 0.302 e. The lowest BCUT2D eigenvalue weighted by atomic mass is 9.32. The van der Waals surface area contributed by atoms with Gasteiger partial charge in [-0.25, -0.2) is 0 Å². The molecule has 0 spiro atoms. The van der Waals surface area contributed by atoms with Crippen LogP contribution in [0.3, 0.4) is 0 Å². The predicted molar refractivity (Wildman–Crippen MR) is 174 cm³/mol. The predicted octanol–water partition coefficient (Wildman–Crippen LogP) is 8.44. The molecule has 0 radical (unpaired) electrons. The summed E-state index contributed by atoms with van der Waals surface area (Å²) in [6, 6.07) is 0. The Hall–Kier alpha value is -1.10. The number of fused-ring (bicyclic) bond motifs is 7. The number of nitrogens with zero attached hydrogens (tertiary/aromatic N) is 1. The van der Waals surface area contributed by atoms with Gasteiger partial charge in [0.05, 0.1) is 11.5 Å². The lowest BCUT2D eigenvalue weighted by Gasteiger charge is -2.73. The average molecular weight is 610 g/mol. The summed E-state index contributed by atoms with van der Waals surface area (Å²) < 4.78 is 11.7. The van der Waals surface area contributed by atoms with Crippen molar-refractivity contribution in [3.63, 3.8) is 0 Å². The largest absolute Gasteiger partial charge is 0.462 e. The number of esters is 1. The number of methoxy groups -OCH3 is 1. The molecular formula is C39H63NO4. The lowest BCUT2D eigenvalue weighted by molar-refractivity contribution is -0.251. The summed E-state index contributed by atoms with van der Waals surface area (Å²) in [5, 5.41) is 0. The van der Waals surface area contributed by atoms with Crippen LogP contribution in [0.15, 0.2) is 0 Å². The molecule has 5 nitrogen and oxygen atoms in total. The highest BCUT2D eigenvalue weighted by atomic mass is 16.5. The van der Waals surface area contributed by atoms with Crippen molar-refractivity contribution in [1.82, 2.24) is 4.90 Å². The van der Waals surface area contributed by atoms with Crippen LogP contribution >= 0.6 is 0 Å². The van der Waals surface area contributed by atoms with Crippen molar-refractivity contribution in [1.29, 1.82) is 0 Å². The smallest absolute Gasteiger partial charge is 0.302 e. The summed E-state index contributed by atoms with van der Waals surface area (Å²) in [6.07, 6.45) is 17.0. The zero-order valence-electron chi connectivity index (χ0n) is 29.4. The van der Waals surface area contributed by atoms with E-state index in [1.165, 1.54) is 57.8 Å². The zero-order valence-corrected chi connectivity index (χ0v) is 29.4. The minimum absolute atomic E-state index is 0.000723. The Morgan fingerprint density at radius 3 is 2.02 bits per heavy atom. The monoisotopic (exact) mass is 609 g/mol. The van der Waals surface area contributed by atoms with E-state index in [9.17, 15) is 9.59 Å². The van der Waals surface area contributed by atoms with Gasteiger partial charge in [0, 0.05) is 32.5 Å². The third kappa shape index (κ3) is 4.17. The molecule has 7 rings (SSSR count). The molecule has 0 N–H and O–H groups in total. The standard InChI is InChI=1S/C39H63NO4/c1-25(41)44-31-13-16-36(5)29(34(31,2)3)12-17-38(7)30(36)10-9-28-32-27(35(4)19-20-35)11-18-39(32,22-21-37(28,38)6)33(42)40-23-14-26(43-8)15-24-40/h26-32H,9-24H2,1-8H3. The number of rotatable bonds is 4. The number of carbonyl (C=O) groups excluding carboxylic acids is 2. The minimum atomic E-state index is -0.144. The second kappa shape index (κ2) is 10.2. The van der Waals surface area contributed by atoms with E-state index >= 15 is 0 Å². The molecule has 10 atom stereocenters. The molecule has 0 aromatic heterocycles. The van der Waals surface area contributed by atoms with E-state index in [1.807, 2.05) is 7.11 Å². The Bertz CT molecular complexity index is 1170. The molecule has 1 saturated heterocycles. The molecule has 6 saturated carbocycles. The van der Waals surface area contributed by atoms with Crippen LogP contribution in [0.2, 0.25) is 0 Å². The van der Waals surface area contributed by atoms with Gasteiger partial charge in [-0.15, -0.1) is 0 Å². The fraction of sp³-hybridized carbons (Fsp3) is 0.949. The van der Waals surface area contributed by atoms with E-state index in [1.54, 1.807) is 6.92 Å². The molecule has 44 heavy (non-hydrogen) atoms. The third-order valence-corrected chi connectivity index (χ3v) is 17.1. The van der Waals surface area contributed by atoms with Crippen molar-refractivity contribution < 1.29 is 19.1 Å². The summed E-state index contributed by atoms with van der Waals surface area (Å²) in [5.74, 6) is 3.57. The van der Waals surface area contributed by atoms with Crippen LogP contribution in [0.1, 0.15) is 138 Å². The molecule has 248 valence electrons. The Morgan fingerprint density at radius 2 is 1.39 bits per heavy atom. The molecule has 10 unspecified atom stereocenters. The summed E-state index contributed by atoms with van der Waals surface area (Å²) in [7, 11) is 1.83. The number of likely N-dealkylation sites (tertiary alicyclic amines) is 1. The molecule has 1 aliphatic heterocycles. The van der Waals surface area contributed by atoms with Gasteiger partial charge in [-0.3, -0.25) is 9.59 Å². The zero-order chi connectivity index (χ0) is 31.5. The molecular weight excluding hydrogens is 546 g/mol. The van der Waals surface area contributed by atoms with Gasteiger partial charge in [0.2, 0.25) is 5.91 Å². The highest BCUT2D eigenvalue weighted by Gasteiger charge is 2.73. The lowest BCUT2D eigenvalue weighted by Crippen LogP contribution is -2.67. The quantitative estimate of drug-likeness (QED) is 0.300. The maximum atomic E-state index is 14.9. The van der Waals surface area contributed by atoms with Gasteiger partial charge in [-0.2, -0.15) is 0 Å². The topological polar surface area (TPSA) is 55.8 Å². The van der Waals surface area contributed by atoms with Gasteiger partial charge in [-0.1, -0.05) is 41.5 Å². The second-order valence-electron chi connectivity index (χ2n) is 18.8. The second-order valence-corrected chi connectivity index (χ2v) is 18.8. The normalized spacial score (nSPS) is 49.2. The summed E-state index contributed by atoms with van der Waals surface area (Å²) in [5.41, 5.74) is 1.14. The summed E-state index contributed by atoms with van der Waals surface area (Å²) in [4.78, 5) is 29.2. The van der Waals surface area contributed by atoms with Crippen molar-refractivity contribution in [3.8, 4) is 0 Å². The van der Waals surface area contributed by atoms with Crippen molar-refractivity contribution in [2.75, 3.05) is 20.2 Å². The first-order chi connectivity index (χ1) is 20.7. The molecule has 1 amide bonds. The first kappa shape index (κ1) is 31.5. The van der Waals surface area contributed by atoms with Crippen molar-refractivity contribution in [2.45, 2.75) is 151 Å². The number of amides is 1. The summed E-state index contributed by atoms with van der Waals surface area (Å²) in [6.45, 7) is 18.8. The van der Waals surface area contributed by atoms with Crippen LogP contribution in [0, 0.1) is 62.1 Å². The molecule has 7 aliphatic rings. The number of hydrogen-bond acceptors (Lipinski definition) is 4. The first-order valence-electron chi connectivity index (χ1n) is 18.7. The van der Waals surface area contributed by atoms with Gasteiger partial charge < -0.3 is 14.4 Å². The number of hydrogen-bond donors (Lipinski definition) is 0.